The summed E-state index contributed by atoms with van der Waals surface area (Å²) in [6.45, 7) is 2.24. The zero-order valence-electron chi connectivity index (χ0n) is 18.4. The molecular formula is C24H26N2O7. The van der Waals surface area contributed by atoms with E-state index in [4.69, 9.17) is 13.9 Å². The second-order valence-corrected chi connectivity index (χ2v) is 7.37. The lowest BCUT2D eigenvalue weighted by atomic mass is 10.2. The molecule has 3 aromatic rings. The standard InChI is InChI=1S/C24H26N2O7/c1-2-3-15-31-23(29)17-10-12-18(13-11-17)25-21(27)16-32-22(28)9-6-14-26-19-7-4-5-8-20(19)33-24(26)30/h4-5,7-8,10-13H,2-3,6,9,14-16H2,1H3,(H,25,27). The highest BCUT2D eigenvalue weighted by molar-refractivity contribution is 5.94. The molecule has 0 radical (unpaired) electrons. The molecule has 2 aromatic carbocycles. The molecule has 0 saturated carbocycles. The maximum absolute atomic E-state index is 12.0. The Morgan fingerprint density at radius 1 is 1.00 bits per heavy atom. The number of para-hydroxylation sites is 2. The summed E-state index contributed by atoms with van der Waals surface area (Å²) >= 11 is 0. The molecule has 174 valence electrons. The van der Waals surface area contributed by atoms with Gasteiger partial charge in [0.05, 0.1) is 17.7 Å². The molecule has 3 rings (SSSR count). The number of carbonyl (C=O) groups is 3. The van der Waals surface area contributed by atoms with Crippen LogP contribution in [0.15, 0.2) is 57.7 Å². The Kier molecular flexibility index (Phi) is 8.40. The number of ether oxygens (including phenoxy) is 2. The molecule has 0 spiro atoms. The van der Waals surface area contributed by atoms with Crippen LogP contribution in [0.3, 0.4) is 0 Å². The molecule has 0 saturated heterocycles. The van der Waals surface area contributed by atoms with Crippen molar-refractivity contribution in [3.8, 4) is 0 Å². The highest BCUT2D eigenvalue weighted by Gasteiger charge is 2.12. The molecule has 0 aliphatic heterocycles. The topological polar surface area (TPSA) is 117 Å². The summed E-state index contributed by atoms with van der Waals surface area (Å²) in [6, 6.07) is 13.3. The maximum atomic E-state index is 12.0. The van der Waals surface area contributed by atoms with E-state index in [1.165, 1.54) is 4.57 Å². The zero-order valence-corrected chi connectivity index (χ0v) is 18.4. The maximum Gasteiger partial charge on any atom is 0.419 e. The van der Waals surface area contributed by atoms with Crippen LogP contribution in [-0.2, 0) is 25.6 Å². The summed E-state index contributed by atoms with van der Waals surface area (Å²) in [4.78, 5) is 47.8. The summed E-state index contributed by atoms with van der Waals surface area (Å²) in [5.41, 5.74) is 2.01. The van der Waals surface area contributed by atoms with Gasteiger partial charge < -0.3 is 19.2 Å². The van der Waals surface area contributed by atoms with Crippen LogP contribution < -0.4 is 11.1 Å². The van der Waals surface area contributed by atoms with E-state index in [9.17, 15) is 19.2 Å². The van der Waals surface area contributed by atoms with E-state index < -0.39 is 30.2 Å². The van der Waals surface area contributed by atoms with Gasteiger partial charge in [0, 0.05) is 18.7 Å². The normalized spacial score (nSPS) is 10.7. The third-order valence-electron chi connectivity index (χ3n) is 4.84. The molecule has 1 heterocycles. The predicted octanol–water partition coefficient (Wildman–Crippen LogP) is 3.51. The largest absolute Gasteiger partial charge is 0.462 e. The molecule has 0 aliphatic carbocycles. The minimum Gasteiger partial charge on any atom is -0.462 e. The number of aromatic nitrogens is 1. The second-order valence-electron chi connectivity index (χ2n) is 7.37. The van der Waals surface area contributed by atoms with E-state index >= 15 is 0 Å². The van der Waals surface area contributed by atoms with Gasteiger partial charge in [-0.3, -0.25) is 14.2 Å². The molecule has 33 heavy (non-hydrogen) atoms. The number of nitrogens with zero attached hydrogens (tertiary/aromatic N) is 1. The fourth-order valence-electron chi connectivity index (χ4n) is 3.10. The van der Waals surface area contributed by atoms with Crippen LogP contribution in [0.2, 0.25) is 0 Å². The van der Waals surface area contributed by atoms with Gasteiger partial charge in [0.15, 0.2) is 12.2 Å². The monoisotopic (exact) mass is 454 g/mol. The van der Waals surface area contributed by atoms with Crippen LogP contribution in [0.25, 0.3) is 11.1 Å². The van der Waals surface area contributed by atoms with Gasteiger partial charge in [0.25, 0.3) is 5.91 Å². The van der Waals surface area contributed by atoms with Crippen LogP contribution >= 0.6 is 0 Å². The van der Waals surface area contributed by atoms with Crippen molar-refractivity contribution >= 4 is 34.6 Å². The smallest absolute Gasteiger partial charge is 0.419 e. The third-order valence-corrected chi connectivity index (χ3v) is 4.84. The predicted molar refractivity (Wildman–Crippen MR) is 121 cm³/mol. The summed E-state index contributed by atoms with van der Waals surface area (Å²) in [7, 11) is 0. The van der Waals surface area contributed by atoms with Crippen molar-refractivity contribution in [1.29, 1.82) is 0 Å². The number of hydrogen-bond donors (Lipinski definition) is 1. The zero-order chi connectivity index (χ0) is 23.6. The fourth-order valence-corrected chi connectivity index (χ4v) is 3.10. The Bertz CT molecular complexity index is 1160. The highest BCUT2D eigenvalue weighted by Crippen LogP contribution is 2.13. The lowest BCUT2D eigenvalue weighted by molar-refractivity contribution is -0.147. The fraction of sp³-hybridized carbons (Fsp3) is 0.333. The number of fused-ring (bicyclic) bond motifs is 1. The van der Waals surface area contributed by atoms with Crippen molar-refractivity contribution in [2.45, 2.75) is 39.2 Å². The third kappa shape index (κ3) is 6.80. The Labute approximate surface area is 190 Å². The number of benzene rings is 2. The molecule has 1 amide bonds. The Hall–Kier alpha value is -3.88. The average molecular weight is 454 g/mol. The number of anilines is 1. The Morgan fingerprint density at radius 3 is 2.52 bits per heavy atom. The minimum absolute atomic E-state index is 0.0497. The number of esters is 2. The first-order valence-electron chi connectivity index (χ1n) is 10.8. The molecule has 0 unspecified atom stereocenters. The van der Waals surface area contributed by atoms with Gasteiger partial charge in [-0.15, -0.1) is 0 Å². The molecule has 1 aromatic heterocycles. The van der Waals surface area contributed by atoms with E-state index in [0.717, 1.165) is 12.8 Å². The van der Waals surface area contributed by atoms with Crippen molar-refractivity contribution in [3.05, 3.63) is 64.6 Å². The molecule has 0 fully saturated rings. The second kappa shape index (κ2) is 11.7. The quantitative estimate of drug-likeness (QED) is 0.348. The van der Waals surface area contributed by atoms with Gasteiger partial charge >= 0.3 is 17.7 Å². The molecule has 0 aliphatic rings. The number of hydrogen-bond acceptors (Lipinski definition) is 7. The van der Waals surface area contributed by atoms with E-state index in [-0.39, 0.29) is 6.42 Å². The molecule has 1 N–H and O–H groups in total. The van der Waals surface area contributed by atoms with Crippen molar-refractivity contribution in [3.63, 3.8) is 0 Å². The van der Waals surface area contributed by atoms with Crippen LogP contribution in [0.4, 0.5) is 5.69 Å². The summed E-state index contributed by atoms with van der Waals surface area (Å²) in [5.74, 6) is -1.94. The van der Waals surface area contributed by atoms with E-state index in [1.807, 2.05) is 6.92 Å². The SMILES string of the molecule is CCCCOC(=O)c1ccc(NC(=O)COC(=O)CCCn2c(=O)oc3ccccc32)cc1. The first-order chi connectivity index (χ1) is 16.0. The highest BCUT2D eigenvalue weighted by atomic mass is 16.5. The number of nitrogens with one attached hydrogen (secondary N) is 1. The van der Waals surface area contributed by atoms with E-state index in [1.54, 1.807) is 48.5 Å². The number of aryl methyl sites for hydroxylation is 1. The molecule has 9 nitrogen and oxygen atoms in total. The summed E-state index contributed by atoms with van der Waals surface area (Å²) in [6.07, 6.45) is 2.15. The molecular weight excluding hydrogens is 428 g/mol. The molecule has 9 heteroatoms. The number of rotatable bonds is 11. The van der Waals surface area contributed by atoms with Gasteiger partial charge in [-0.2, -0.15) is 0 Å². The van der Waals surface area contributed by atoms with Gasteiger partial charge in [-0.05, 0) is 49.2 Å². The van der Waals surface area contributed by atoms with Gasteiger partial charge in [0.1, 0.15) is 0 Å². The lowest BCUT2D eigenvalue weighted by Crippen LogP contribution is -2.21. The van der Waals surface area contributed by atoms with Crippen molar-refractivity contribution < 1.29 is 28.3 Å². The first kappa shape index (κ1) is 23.8. The van der Waals surface area contributed by atoms with Crippen LogP contribution in [-0.4, -0.2) is 35.6 Å². The molecule has 0 bridgehead atoms. The lowest BCUT2D eigenvalue weighted by Gasteiger charge is -2.08. The van der Waals surface area contributed by atoms with Crippen LogP contribution in [0.1, 0.15) is 43.0 Å². The van der Waals surface area contributed by atoms with Crippen molar-refractivity contribution in [2.75, 3.05) is 18.5 Å². The Balaban J connectivity index is 1.38. The number of oxazole rings is 1. The van der Waals surface area contributed by atoms with Gasteiger partial charge in [-0.25, -0.2) is 9.59 Å². The Morgan fingerprint density at radius 2 is 1.76 bits per heavy atom. The number of unbranched alkanes of at least 4 members (excludes halogenated alkanes) is 1. The number of amides is 1. The van der Waals surface area contributed by atoms with E-state index in [0.29, 0.717) is 41.9 Å². The van der Waals surface area contributed by atoms with E-state index in [2.05, 4.69) is 5.32 Å². The molecule has 0 atom stereocenters. The van der Waals surface area contributed by atoms with Crippen molar-refractivity contribution in [2.24, 2.45) is 0 Å². The van der Waals surface area contributed by atoms with Crippen LogP contribution in [0, 0.1) is 0 Å². The van der Waals surface area contributed by atoms with Gasteiger partial charge in [0.2, 0.25) is 0 Å². The van der Waals surface area contributed by atoms with Crippen molar-refractivity contribution in [1.82, 2.24) is 4.57 Å². The summed E-state index contributed by atoms with van der Waals surface area (Å²) < 4.78 is 16.7. The average Bonchev–Trinajstić information content (AvgIpc) is 3.13. The first-order valence-corrected chi connectivity index (χ1v) is 10.8. The van der Waals surface area contributed by atoms with Crippen LogP contribution in [0.5, 0.6) is 0 Å². The minimum atomic E-state index is -0.545. The van der Waals surface area contributed by atoms with Gasteiger partial charge in [-0.1, -0.05) is 25.5 Å². The summed E-state index contributed by atoms with van der Waals surface area (Å²) in [5, 5.41) is 2.60. The number of carbonyl (C=O) groups excluding carboxylic acids is 3.